The fourth-order valence-corrected chi connectivity index (χ4v) is 2.42. The summed E-state index contributed by atoms with van der Waals surface area (Å²) in [5.74, 6) is 0.245. The Morgan fingerprint density at radius 3 is 2.05 bits per heavy atom. The summed E-state index contributed by atoms with van der Waals surface area (Å²) in [7, 11) is 1.43. The number of amides is 1. The van der Waals surface area contributed by atoms with E-state index in [2.05, 4.69) is 48.4 Å². The van der Waals surface area contributed by atoms with Crippen LogP contribution in [0.1, 0.15) is 16.7 Å². The highest BCUT2D eigenvalue weighted by Gasteiger charge is 2.01. The molecule has 0 bridgehead atoms. The standard InChI is InChI=1S/C10H13NO2S.C8H10/c1-8-3-5-9(6-4-8)14-7-10(12)11-13-2;1-7-4-3-5-8(2)6-7/h3-6H,7H2,1-2H3,(H,11,12);3-6H,1-2H3. The number of nitrogens with one attached hydrogen (secondary N) is 1. The van der Waals surface area contributed by atoms with Gasteiger partial charge < -0.3 is 0 Å². The molecule has 2 rings (SSSR count). The van der Waals surface area contributed by atoms with Crippen molar-refractivity contribution >= 4 is 17.7 Å². The quantitative estimate of drug-likeness (QED) is 0.682. The summed E-state index contributed by atoms with van der Waals surface area (Å²) >= 11 is 1.49. The van der Waals surface area contributed by atoms with Crippen LogP contribution in [-0.2, 0) is 9.63 Å². The molecular formula is C18H23NO2S. The lowest BCUT2D eigenvalue weighted by Crippen LogP contribution is -2.23. The van der Waals surface area contributed by atoms with Crippen molar-refractivity contribution in [3.05, 3.63) is 65.2 Å². The Balaban J connectivity index is 0.000000255. The first-order valence-corrected chi connectivity index (χ1v) is 8.04. The molecule has 2 aromatic carbocycles. The van der Waals surface area contributed by atoms with Gasteiger partial charge in [0, 0.05) is 4.90 Å². The number of hydroxylamine groups is 1. The SMILES string of the molecule is CONC(=O)CSc1ccc(C)cc1.Cc1cccc(C)c1. The zero-order valence-electron chi connectivity index (χ0n) is 13.6. The molecule has 0 unspecified atom stereocenters. The van der Waals surface area contributed by atoms with Crippen molar-refractivity contribution in [1.82, 2.24) is 5.48 Å². The molecule has 0 radical (unpaired) electrons. The molecule has 1 amide bonds. The largest absolute Gasteiger partial charge is 0.277 e. The van der Waals surface area contributed by atoms with Gasteiger partial charge in [-0.15, -0.1) is 11.8 Å². The van der Waals surface area contributed by atoms with Gasteiger partial charge in [0.25, 0.3) is 5.91 Å². The lowest BCUT2D eigenvalue weighted by molar-refractivity contribution is -0.128. The molecule has 0 spiro atoms. The van der Waals surface area contributed by atoms with Gasteiger partial charge in [0.15, 0.2) is 0 Å². The molecule has 0 atom stereocenters. The molecule has 0 fully saturated rings. The first kappa shape index (κ1) is 18.3. The Labute approximate surface area is 137 Å². The number of carbonyl (C=O) groups excluding carboxylic acids is 1. The van der Waals surface area contributed by atoms with Gasteiger partial charge in [0.05, 0.1) is 12.9 Å². The van der Waals surface area contributed by atoms with Crippen LogP contribution in [0.2, 0.25) is 0 Å². The van der Waals surface area contributed by atoms with Crippen molar-refractivity contribution in [3.8, 4) is 0 Å². The molecule has 0 saturated carbocycles. The summed E-state index contributed by atoms with van der Waals surface area (Å²) in [6.07, 6.45) is 0. The van der Waals surface area contributed by atoms with Gasteiger partial charge >= 0.3 is 0 Å². The van der Waals surface area contributed by atoms with Crippen molar-refractivity contribution in [2.24, 2.45) is 0 Å². The molecule has 0 aliphatic rings. The van der Waals surface area contributed by atoms with Crippen molar-refractivity contribution in [2.45, 2.75) is 25.7 Å². The first-order valence-electron chi connectivity index (χ1n) is 7.06. The predicted molar refractivity (Wildman–Crippen MR) is 93.0 cm³/mol. The second kappa shape index (κ2) is 10.0. The minimum Gasteiger partial charge on any atom is -0.277 e. The highest BCUT2D eigenvalue weighted by Crippen LogP contribution is 2.17. The molecule has 1 N–H and O–H groups in total. The predicted octanol–water partition coefficient (Wildman–Crippen LogP) is 4.07. The maximum absolute atomic E-state index is 11.0. The van der Waals surface area contributed by atoms with E-state index in [-0.39, 0.29) is 5.91 Å². The number of aryl methyl sites for hydroxylation is 3. The highest BCUT2D eigenvalue weighted by molar-refractivity contribution is 8.00. The third-order valence-corrected chi connectivity index (χ3v) is 3.79. The van der Waals surface area contributed by atoms with E-state index in [4.69, 9.17) is 0 Å². The van der Waals surface area contributed by atoms with Crippen LogP contribution in [0.4, 0.5) is 0 Å². The zero-order valence-corrected chi connectivity index (χ0v) is 14.4. The molecule has 0 aromatic heterocycles. The molecule has 4 heteroatoms. The average molecular weight is 317 g/mol. The number of thioether (sulfide) groups is 1. The fraction of sp³-hybridized carbons (Fsp3) is 0.278. The van der Waals surface area contributed by atoms with E-state index in [1.807, 2.05) is 31.2 Å². The Kier molecular flexibility index (Phi) is 8.33. The highest BCUT2D eigenvalue weighted by atomic mass is 32.2. The van der Waals surface area contributed by atoms with E-state index in [1.54, 1.807) is 0 Å². The van der Waals surface area contributed by atoms with Crippen LogP contribution in [-0.4, -0.2) is 18.8 Å². The third-order valence-electron chi connectivity index (χ3n) is 2.78. The van der Waals surface area contributed by atoms with Gasteiger partial charge in [-0.05, 0) is 32.9 Å². The summed E-state index contributed by atoms with van der Waals surface area (Å²) in [5.41, 5.74) is 6.16. The van der Waals surface area contributed by atoms with Gasteiger partial charge in [0.2, 0.25) is 0 Å². The van der Waals surface area contributed by atoms with Gasteiger partial charge in [-0.25, -0.2) is 5.48 Å². The molecule has 0 aliphatic heterocycles. The topological polar surface area (TPSA) is 38.3 Å². The lowest BCUT2D eigenvalue weighted by Gasteiger charge is -2.02. The maximum Gasteiger partial charge on any atom is 0.253 e. The first-order chi connectivity index (χ1) is 10.5. The smallest absolute Gasteiger partial charge is 0.253 e. The van der Waals surface area contributed by atoms with E-state index in [0.717, 1.165) is 4.90 Å². The Morgan fingerprint density at radius 1 is 1.00 bits per heavy atom. The van der Waals surface area contributed by atoms with Crippen LogP contribution < -0.4 is 5.48 Å². The number of benzene rings is 2. The van der Waals surface area contributed by atoms with Crippen LogP contribution in [0.25, 0.3) is 0 Å². The number of carbonyl (C=O) groups is 1. The molecule has 0 heterocycles. The Morgan fingerprint density at radius 2 is 1.59 bits per heavy atom. The zero-order chi connectivity index (χ0) is 16.4. The second-order valence-corrected chi connectivity index (χ2v) is 6.04. The number of hydrogen-bond donors (Lipinski definition) is 1. The van der Waals surface area contributed by atoms with E-state index in [1.165, 1.54) is 35.6 Å². The molecule has 0 saturated heterocycles. The van der Waals surface area contributed by atoms with E-state index in [0.29, 0.717) is 5.75 Å². The van der Waals surface area contributed by atoms with Crippen LogP contribution in [0.3, 0.4) is 0 Å². The monoisotopic (exact) mass is 317 g/mol. The van der Waals surface area contributed by atoms with Crippen molar-refractivity contribution in [2.75, 3.05) is 12.9 Å². The Hall–Kier alpha value is -1.78. The normalized spacial score (nSPS) is 9.64. The summed E-state index contributed by atoms with van der Waals surface area (Å²) < 4.78 is 0. The lowest BCUT2D eigenvalue weighted by atomic mass is 10.2. The van der Waals surface area contributed by atoms with Crippen LogP contribution in [0, 0.1) is 20.8 Å². The molecule has 2 aromatic rings. The molecule has 118 valence electrons. The molecule has 22 heavy (non-hydrogen) atoms. The Bertz CT molecular complexity index is 565. The van der Waals surface area contributed by atoms with Gasteiger partial charge in [-0.3, -0.25) is 9.63 Å². The van der Waals surface area contributed by atoms with Crippen LogP contribution in [0.15, 0.2) is 53.4 Å². The average Bonchev–Trinajstić information content (AvgIpc) is 2.47. The second-order valence-electron chi connectivity index (χ2n) is 4.99. The molecule has 3 nitrogen and oxygen atoms in total. The molecule has 0 aliphatic carbocycles. The van der Waals surface area contributed by atoms with E-state index in [9.17, 15) is 4.79 Å². The number of hydrogen-bond acceptors (Lipinski definition) is 3. The van der Waals surface area contributed by atoms with Crippen molar-refractivity contribution in [1.29, 1.82) is 0 Å². The minimum absolute atomic E-state index is 0.127. The van der Waals surface area contributed by atoms with E-state index < -0.39 is 0 Å². The fourth-order valence-electron chi connectivity index (χ4n) is 1.73. The molecular weight excluding hydrogens is 294 g/mol. The van der Waals surface area contributed by atoms with Gasteiger partial charge in [-0.1, -0.05) is 53.1 Å². The third kappa shape index (κ3) is 7.86. The summed E-state index contributed by atoms with van der Waals surface area (Å²) in [5, 5.41) is 0. The summed E-state index contributed by atoms with van der Waals surface area (Å²) in [4.78, 5) is 16.6. The van der Waals surface area contributed by atoms with Crippen LogP contribution in [0.5, 0.6) is 0 Å². The van der Waals surface area contributed by atoms with Crippen molar-refractivity contribution in [3.63, 3.8) is 0 Å². The van der Waals surface area contributed by atoms with Crippen LogP contribution >= 0.6 is 11.8 Å². The minimum atomic E-state index is -0.127. The van der Waals surface area contributed by atoms with E-state index >= 15 is 0 Å². The summed E-state index contributed by atoms with van der Waals surface area (Å²) in [6.45, 7) is 6.24. The maximum atomic E-state index is 11.0. The van der Waals surface area contributed by atoms with Gasteiger partial charge in [0.1, 0.15) is 0 Å². The summed E-state index contributed by atoms with van der Waals surface area (Å²) in [6, 6.07) is 16.5. The van der Waals surface area contributed by atoms with Crippen molar-refractivity contribution < 1.29 is 9.63 Å². The van der Waals surface area contributed by atoms with Gasteiger partial charge in [-0.2, -0.15) is 0 Å². The number of rotatable bonds is 4.